The Labute approximate surface area is 180 Å². The first kappa shape index (κ1) is 21.1. The molecule has 0 aromatic carbocycles. The van der Waals surface area contributed by atoms with Crippen molar-refractivity contribution in [2.45, 2.75) is 44.4 Å². The van der Waals surface area contributed by atoms with E-state index in [0.29, 0.717) is 22.9 Å². The van der Waals surface area contributed by atoms with Crippen LogP contribution in [0.4, 0.5) is 10.1 Å². The zero-order valence-electron chi connectivity index (χ0n) is 16.8. The van der Waals surface area contributed by atoms with Gasteiger partial charge in [0.2, 0.25) is 11.8 Å². The number of anilines is 1. The molecule has 0 saturated carbocycles. The van der Waals surface area contributed by atoms with Crippen molar-refractivity contribution in [3.8, 4) is 0 Å². The van der Waals surface area contributed by atoms with Crippen LogP contribution in [-0.4, -0.2) is 47.6 Å². The Morgan fingerprint density at radius 3 is 2.57 bits per heavy atom. The number of piperidine rings is 3. The lowest BCUT2D eigenvalue weighted by molar-refractivity contribution is -0.134. The molecule has 5 rings (SSSR count). The first-order valence-corrected chi connectivity index (χ1v) is 10.5. The third-order valence-corrected chi connectivity index (χ3v) is 7.05. The van der Waals surface area contributed by atoms with Crippen LogP contribution < -0.4 is 15.5 Å². The number of nitrogens with zero attached hydrogens (tertiary/aromatic N) is 3. The molecular formula is C21H27ClFN5O2. The highest BCUT2D eigenvalue weighted by atomic mass is 35.5. The molecule has 3 fully saturated rings. The summed E-state index contributed by atoms with van der Waals surface area (Å²) in [6.07, 6.45) is 8.78. The van der Waals surface area contributed by atoms with Gasteiger partial charge < -0.3 is 10.2 Å². The Kier molecular flexibility index (Phi) is 5.72. The van der Waals surface area contributed by atoms with Gasteiger partial charge in [-0.15, -0.1) is 12.4 Å². The van der Waals surface area contributed by atoms with Gasteiger partial charge in [-0.25, -0.2) is 8.91 Å². The maximum absolute atomic E-state index is 15.1. The maximum Gasteiger partial charge on any atom is 0.234 e. The number of amides is 2. The van der Waals surface area contributed by atoms with Crippen LogP contribution in [0.15, 0.2) is 18.5 Å². The van der Waals surface area contributed by atoms with Crippen LogP contribution in [0.5, 0.6) is 0 Å². The van der Waals surface area contributed by atoms with Gasteiger partial charge in [-0.3, -0.25) is 14.9 Å². The minimum Gasteiger partial charge on any atom is -0.370 e. The third kappa shape index (κ3) is 3.67. The molecule has 0 bridgehead atoms. The summed E-state index contributed by atoms with van der Waals surface area (Å²) in [6.45, 7) is 4.03. The van der Waals surface area contributed by atoms with Crippen LogP contribution in [0.2, 0.25) is 0 Å². The molecule has 162 valence electrons. The van der Waals surface area contributed by atoms with E-state index < -0.39 is 5.92 Å². The van der Waals surface area contributed by atoms with Crippen LogP contribution in [0.25, 0.3) is 5.52 Å². The first-order chi connectivity index (χ1) is 14.0. The number of rotatable bonds is 2. The summed E-state index contributed by atoms with van der Waals surface area (Å²) >= 11 is 0. The lowest BCUT2D eigenvalue weighted by atomic mass is 9.71. The van der Waals surface area contributed by atoms with Crippen LogP contribution in [0.1, 0.15) is 50.0 Å². The molecule has 1 unspecified atom stereocenters. The summed E-state index contributed by atoms with van der Waals surface area (Å²) < 4.78 is 16.6. The summed E-state index contributed by atoms with van der Waals surface area (Å²) in [4.78, 5) is 25.9. The molecule has 3 aliphatic heterocycles. The summed E-state index contributed by atoms with van der Waals surface area (Å²) in [6, 6.07) is 1.56. The van der Waals surface area contributed by atoms with Gasteiger partial charge in [0.15, 0.2) is 5.82 Å². The minimum absolute atomic E-state index is 0. The van der Waals surface area contributed by atoms with Crippen molar-refractivity contribution in [2.75, 3.05) is 31.1 Å². The first-order valence-electron chi connectivity index (χ1n) is 10.5. The molecule has 3 saturated heterocycles. The van der Waals surface area contributed by atoms with Crippen molar-refractivity contribution >= 4 is 35.4 Å². The molecule has 3 aliphatic rings. The molecule has 2 aromatic rings. The molecule has 5 heterocycles. The van der Waals surface area contributed by atoms with Gasteiger partial charge in [0.25, 0.3) is 0 Å². The van der Waals surface area contributed by atoms with E-state index in [9.17, 15) is 9.59 Å². The topological polar surface area (TPSA) is 78.7 Å². The van der Waals surface area contributed by atoms with Gasteiger partial charge in [0.1, 0.15) is 5.52 Å². The van der Waals surface area contributed by atoms with Crippen LogP contribution >= 0.6 is 12.4 Å². The number of hydrogen-bond donors (Lipinski definition) is 2. The number of hydrogen-bond acceptors (Lipinski definition) is 5. The molecule has 2 N–H and O–H groups in total. The van der Waals surface area contributed by atoms with Crippen molar-refractivity contribution in [1.82, 2.24) is 20.2 Å². The van der Waals surface area contributed by atoms with Crippen molar-refractivity contribution in [1.29, 1.82) is 0 Å². The fourth-order valence-electron chi connectivity index (χ4n) is 5.20. The Balaban J connectivity index is 0.00000218. The number of fused-ring (bicyclic) bond motifs is 1. The lowest BCUT2D eigenvalue weighted by Gasteiger charge is -2.45. The largest absolute Gasteiger partial charge is 0.370 e. The Hall–Kier alpha value is -2.19. The number of imide groups is 1. The van der Waals surface area contributed by atoms with Crippen molar-refractivity contribution in [3.63, 3.8) is 0 Å². The highest BCUT2D eigenvalue weighted by molar-refractivity contribution is 6.01. The maximum atomic E-state index is 15.1. The zero-order valence-corrected chi connectivity index (χ0v) is 17.6. The number of carbonyl (C=O) groups excluding carboxylic acids is 2. The second kappa shape index (κ2) is 8.15. The summed E-state index contributed by atoms with van der Waals surface area (Å²) in [5, 5.41) is 10.1. The third-order valence-electron chi connectivity index (χ3n) is 7.05. The van der Waals surface area contributed by atoms with Gasteiger partial charge in [-0.2, -0.15) is 5.10 Å². The predicted molar refractivity (Wildman–Crippen MR) is 114 cm³/mol. The standard InChI is InChI=1S/C21H26FN5O2.ClH/c22-17-11-14(26-9-5-21(6-10-26)3-7-23-8-4-21)13-27-19(17)16(12-24-27)15-1-2-18(28)25-20(15)29;/h11-13,15,23H,1-10H2,(H,25,28,29);1H. The number of pyridine rings is 1. The number of nitrogens with one attached hydrogen (secondary N) is 2. The van der Waals surface area contributed by atoms with Gasteiger partial charge in [0, 0.05) is 31.1 Å². The summed E-state index contributed by atoms with van der Waals surface area (Å²) in [5.41, 5.74) is 2.15. The fraction of sp³-hybridized carbons (Fsp3) is 0.571. The predicted octanol–water partition coefficient (Wildman–Crippen LogP) is 2.39. The smallest absolute Gasteiger partial charge is 0.234 e. The Morgan fingerprint density at radius 1 is 1.13 bits per heavy atom. The Bertz CT molecular complexity index is 962. The van der Waals surface area contributed by atoms with E-state index in [0.717, 1.165) is 44.7 Å². The van der Waals surface area contributed by atoms with Gasteiger partial charge in [-0.1, -0.05) is 0 Å². The quantitative estimate of drug-likeness (QED) is 0.708. The van der Waals surface area contributed by atoms with Crippen molar-refractivity contribution < 1.29 is 14.0 Å². The Morgan fingerprint density at radius 2 is 1.87 bits per heavy atom. The van der Waals surface area contributed by atoms with Crippen molar-refractivity contribution in [2.24, 2.45) is 5.41 Å². The molecule has 0 radical (unpaired) electrons. The van der Waals surface area contributed by atoms with Crippen LogP contribution in [0, 0.1) is 11.2 Å². The normalized spacial score (nSPS) is 24.0. The lowest BCUT2D eigenvalue weighted by Crippen LogP contribution is -2.45. The van der Waals surface area contributed by atoms with E-state index in [2.05, 4.69) is 20.6 Å². The van der Waals surface area contributed by atoms with Gasteiger partial charge in [-0.05, 0) is 50.6 Å². The molecule has 9 heteroatoms. The average Bonchev–Trinajstić information content (AvgIpc) is 3.13. The van der Waals surface area contributed by atoms with Crippen LogP contribution in [0.3, 0.4) is 0 Å². The zero-order chi connectivity index (χ0) is 20.0. The number of aromatic nitrogens is 2. The fourth-order valence-corrected chi connectivity index (χ4v) is 5.20. The molecule has 2 amide bonds. The highest BCUT2D eigenvalue weighted by Gasteiger charge is 2.36. The summed E-state index contributed by atoms with van der Waals surface area (Å²) in [5.74, 6) is -1.56. The molecular weight excluding hydrogens is 409 g/mol. The molecule has 0 aliphatic carbocycles. The molecule has 30 heavy (non-hydrogen) atoms. The van der Waals surface area contributed by atoms with Crippen LogP contribution in [-0.2, 0) is 9.59 Å². The second-order valence-corrected chi connectivity index (χ2v) is 8.68. The number of halogens is 2. The second-order valence-electron chi connectivity index (χ2n) is 8.68. The van der Waals surface area contributed by atoms with E-state index in [-0.39, 0.29) is 36.5 Å². The average molecular weight is 436 g/mol. The summed E-state index contributed by atoms with van der Waals surface area (Å²) in [7, 11) is 0. The van der Waals surface area contributed by atoms with Crippen molar-refractivity contribution in [3.05, 3.63) is 29.8 Å². The molecule has 2 aromatic heterocycles. The van der Waals surface area contributed by atoms with Gasteiger partial charge >= 0.3 is 0 Å². The molecule has 1 atom stereocenters. The molecule has 1 spiro atoms. The SMILES string of the molecule is Cl.O=C1CCC(c2cnn3cc(N4CCC5(CCNCC5)CC4)cc(F)c23)C(=O)N1. The van der Waals surface area contributed by atoms with E-state index >= 15 is 4.39 Å². The van der Waals surface area contributed by atoms with E-state index in [1.54, 1.807) is 16.8 Å². The van der Waals surface area contributed by atoms with E-state index in [1.165, 1.54) is 12.8 Å². The van der Waals surface area contributed by atoms with E-state index in [1.807, 2.05) is 6.20 Å². The van der Waals surface area contributed by atoms with E-state index in [4.69, 9.17) is 0 Å². The highest BCUT2D eigenvalue weighted by Crippen LogP contribution is 2.41. The van der Waals surface area contributed by atoms with Gasteiger partial charge in [0.05, 0.1) is 24.0 Å². The monoisotopic (exact) mass is 435 g/mol. The number of carbonyl (C=O) groups is 2. The minimum atomic E-state index is -0.541. The molecule has 7 nitrogen and oxygen atoms in total.